The van der Waals surface area contributed by atoms with Crippen LogP contribution in [0.25, 0.3) is 0 Å². The number of para-hydroxylation sites is 1. The molecule has 0 aromatic heterocycles. The first-order valence-corrected chi connectivity index (χ1v) is 4.72. The zero-order chi connectivity index (χ0) is 10.8. The summed E-state index contributed by atoms with van der Waals surface area (Å²) in [6.45, 7) is 1.73. The third-order valence-corrected chi connectivity index (χ3v) is 2.33. The second kappa shape index (κ2) is 3.73. The fourth-order valence-electron chi connectivity index (χ4n) is 1.49. The molecule has 78 valence electrons. The number of ketones is 1. The van der Waals surface area contributed by atoms with Gasteiger partial charge in [-0.2, -0.15) is 0 Å². The van der Waals surface area contributed by atoms with Crippen LogP contribution in [0.1, 0.15) is 6.92 Å². The van der Waals surface area contributed by atoms with Crippen LogP contribution in [-0.4, -0.2) is 24.5 Å². The van der Waals surface area contributed by atoms with Gasteiger partial charge in [-0.15, -0.1) is 0 Å². The highest BCUT2D eigenvalue weighted by Gasteiger charge is 2.34. The van der Waals surface area contributed by atoms with E-state index >= 15 is 0 Å². The molecule has 1 atom stereocenters. The predicted molar refractivity (Wildman–Crippen MR) is 54.7 cm³/mol. The number of Topliss-reactive ketones (excluding diaryl/α,β-unsaturated/α-hetero) is 1. The zero-order valence-electron chi connectivity index (χ0n) is 8.34. The summed E-state index contributed by atoms with van der Waals surface area (Å²) in [4.78, 5) is 24.0. The first-order chi connectivity index (χ1) is 7.18. The molecule has 0 spiro atoms. The topological polar surface area (TPSA) is 46.6 Å². The number of rotatable bonds is 2. The van der Waals surface area contributed by atoms with Crippen LogP contribution in [-0.2, 0) is 9.53 Å². The van der Waals surface area contributed by atoms with Gasteiger partial charge in [0.15, 0.2) is 11.9 Å². The van der Waals surface area contributed by atoms with Crippen molar-refractivity contribution in [3.63, 3.8) is 0 Å². The van der Waals surface area contributed by atoms with Gasteiger partial charge in [0, 0.05) is 5.69 Å². The number of carbonyl (C=O) groups is 2. The largest absolute Gasteiger partial charge is 0.436 e. The van der Waals surface area contributed by atoms with Gasteiger partial charge in [0.1, 0.15) is 0 Å². The molecule has 1 aromatic rings. The molecule has 1 aromatic carbocycles. The average molecular weight is 205 g/mol. The molecule has 0 N–H and O–H groups in total. The zero-order valence-corrected chi connectivity index (χ0v) is 8.34. The molecule has 1 saturated heterocycles. The number of nitrogens with zero attached hydrogens (tertiary/aromatic N) is 1. The minimum atomic E-state index is -0.627. The van der Waals surface area contributed by atoms with Crippen LogP contribution in [0.3, 0.4) is 0 Å². The Balaban J connectivity index is 2.19. The Morgan fingerprint density at radius 2 is 2.07 bits per heavy atom. The van der Waals surface area contributed by atoms with Crippen LogP contribution >= 0.6 is 0 Å². The molecule has 1 aliphatic rings. The molecule has 0 radical (unpaired) electrons. The first kappa shape index (κ1) is 9.71. The highest BCUT2D eigenvalue weighted by atomic mass is 16.6. The molecule has 1 amide bonds. The average Bonchev–Trinajstić information content (AvgIpc) is 2.62. The number of hydrogen-bond donors (Lipinski definition) is 0. The molecule has 0 bridgehead atoms. The van der Waals surface area contributed by atoms with E-state index in [-0.39, 0.29) is 5.78 Å². The molecule has 4 heteroatoms. The minimum absolute atomic E-state index is 0.123. The minimum Gasteiger partial charge on any atom is -0.436 e. The fraction of sp³-hybridized carbons (Fsp3) is 0.273. The maximum absolute atomic E-state index is 11.4. The predicted octanol–water partition coefficient (Wildman–Crippen LogP) is 1.60. The number of carbonyl (C=O) groups excluding carboxylic acids is 2. The van der Waals surface area contributed by atoms with E-state index in [1.165, 1.54) is 11.8 Å². The summed E-state index contributed by atoms with van der Waals surface area (Å²) in [5.74, 6) is -0.123. The molecule has 2 rings (SSSR count). The van der Waals surface area contributed by atoms with Crippen LogP contribution in [0.5, 0.6) is 0 Å². The van der Waals surface area contributed by atoms with Crippen LogP contribution < -0.4 is 4.90 Å². The molecule has 1 heterocycles. The second-order valence-electron chi connectivity index (χ2n) is 3.43. The van der Waals surface area contributed by atoms with E-state index in [0.717, 1.165) is 5.69 Å². The van der Waals surface area contributed by atoms with Crippen molar-refractivity contribution >= 4 is 17.6 Å². The smallest absolute Gasteiger partial charge is 0.415 e. The standard InChI is InChI=1S/C11H11NO3/c1-8(13)10-7-12(11(14)15-10)9-5-3-2-4-6-9/h2-6,10H,7H2,1H3. The van der Waals surface area contributed by atoms with Crippen molar-refractivity contribution in [3.8, 4) is 0 Å². The van der Waals surface area contributed by atoms with E-state index in [0.29, 0.717) is 6.54 Å². The van der Waals surface area contributed by atoms with Crippen LogP contribution in [0.2, 0.25) is 0 Å². The van der Waals surface area contributed by atoms with Crippen molar-refractivity contribution in [1.29, 1.82) is 0 Å². The third kappa shape index (κ3) is 1.83. The van der Waals surface area contributed by atoms with Crippen molar-refractivity contribution in [2.24, 2.45) is 0 Å². The Morgan fingerprint density at radius 3 is 2.60 bits per heavy atom. The van der Waals surface area contributed by atoms with Gasteiger partial charge in [-0.05, 0) is 19.1 Å². The number of benzene rings is 1. The molecule has 0 aliphatic carbocycles. The highest BCUT2D eigenvalue weighted by molar-refractivity contribution is 5.95. The Labute approximate surface area is 87.4 Å². The van der Waals surface area contributed by atoms with Gasteiger partial charge in [0.2, 0.25) is 0 Å². The van der Waals surface area contributed by atoms with Crippen LogP contribution in [0.15, 0.2) is 30.3 Å². The van der Waals surface area contributed by atoms with E-state index in [9.17, 15) is 9.59 Å². The molecule has 1 fully saturated rings. The van der Waals surface area contributed by atoms with Gasteiger partial charge in [-0.1, -0.05) is 18.2 Å². The summed E-state index contributed by atoms with van der Waals surface area (Å²) in [5.41, 5.74) is 0.756. The van der Waals surface area contributed by atoms with Gasteiger partial charge >= 0.3 is 6.09 Å². The van der Waals surface area contributed by atoms with Crippen LogP contribution in [0, 0.1) is 0 Å². The molecule has 0 saturated carbocycles. The highest BCUT2D eigenvalue weighted by Crippen LogP contribution is 2.21. The lowest BCUT2D eigenvalue weighted by molar-refractivity contribution is -0.123. The van der Waals surface area contributed by atoms with Gasteiger partial charge in [0.25, 0.3) is 0 Å². The number of ether oxygens (including phenoxy) is 1. The molecular weight excluding hydrogens is 194 g/mol. The number of amides is 1. The van der Waals surface area contributed by atoms with Crippen molar-refractivity contribution < 1.29 is 14.3 Å². The maximum Gasteiger partial charge on any atom is 0.415 e. The lowest BCUT2D eigenvalue weighted by Crippen LogP contribution is -2.26. The van der Waals surface area contributed by atoms with Gasteiger partial charge in [0.05, 0.1) is 6.54 Å². The fourth-order valence-corrected chi connectivity index (χ4v) is 1.49. The van der Waals surface area contributed by atoms with E-state index in [4.69, 9.17) is 4.74 Å². The Bertz CT molecular complexity index is 388. The summed E-state index contributed by atoms with van der Waals surface area (Å²) in [5, 5.41) is 0. The lowest BCUT2D eigenvalue weighted by Gasteiger charge is -2.11. The summed E-state index contributed by atoms with van der Waals surface area (Å²) in [6, 6.07) is 9.16. The lowest BCUT2D eigenvalue weighted by atomic mass is 10.2. The Hall–Kier alpha value is -1.84. The van der Waals surface area contributed by atoms with Gasteiger partial charge < -0.3 is 4.74 Å². The quantitative estimate of drug-likeness (QED) is 0.736. The SMILES string of the molecule is CC(=O)C1CN(c2ccccc2)C(=O)O1. The summed E-state index contributed by atoms with van der Waals surface area (Å²) in [7, 11) is 0. The number of cyclic esters (lactones) is 1. The van der Waals surface area contributed by atoms with Crippen molar-refractivity contribution in [2.45, 2.75) is 13.0 Å². The van der Waals surface area contributed by atoms with Gasteiger partial charge in [-0.3, -0.25) is 9.69 Å². The van der Waals surface area contributed by atoms with Crippen molar-refractivity contribution in [3.05, 3.63) is 30.3 Å². The van der Waals surface area contributed by atoms with Crippen LogP contribution in [0.4, 0.5) is 10.5 Å². The third-order valence-electron chi connectivity index (χ3n) is 2.33. The van der Waals surface area contributed by atoms with E-state index < -0.39 is 12.2 Å². The number of hydrogen-bond acceptors (Lipinski definition) is 3. The molecular formula is C11H11NO3. The normalized spacial score (nSPS) is 20.2. The number of anilines is 1. The molecule has 4 nitrogen and oxygen atoms in total. The monoisotopic (exact) mass is 205 g/mol. The van der Waals surface area contributed by atoms with E-state index in [1.807, 2.05) is 30.3 Å². The summed E-state index contributed by atoms with van der Waals surface area (Å²) in [6.07, 6.45) is -1.08. The van der Waals surface area contributed by atoms with Crippen molar-refractivity contribution in [2.75, 3.05) is 11.4 Å². The molecule has 1 unspecified atom stereocenters. The van der Waals surface area contributed by atoms with E-state index in [2.05, 4.69) is 0 Å². The molecule has 1 aliphatic heterocycles. The van der Waals surface area contributed by atoms with E-state index in [1.54, 1.807) is 0 Å². The Kier molecular flexibility index (Phi) is 2.41. The van der Waals surface area contributed by atoms with Gasteiger partial charge in [-0.25, -0.2) is 4.79 Å². The summed E-state index contributed by atoms with van der Waals surface area (Å²) >= 11 is 0. The molecule has 15 heavy (non-hydrogen) atoms. The summed E-state index contributed by atoms with van der Waals surface area (Å²) < 4.78 is 4.93. The van der Waals surface area contributed by atoms with Crippen molar-refractivity contribution in [1.82, 2.24) is 0 Å². The first-order valence-electron chi connectivity index (χ1n) is 4.72. The second-order valence-corrected chi connectivity index (χ2v) is 3.43. The maximum atomic E-state index is 11.4. The Morgan fingerprint density at radius 1 is 1.40 bits per heavy atom.